The van der Waals surface area contributed by atoms with Crippen LogP contribution in [0, 0.1) is 5.41 Å². The Bertz CT molecular complexity index is 497. The Morgan fingerprint density at radius 2 is 2.00 bits per heavy atom. The third kappa shape index (κ3) is 3.29. The van der Waals surface area contributed by atoms with Crippen molar-refractivity contribution in [3.63, 3.8) is 0 Å². The van der Waals surface area contributed by atoms with Gasteiger partial charge in [-0.15, -0.1) is 0 Å². The van der Waals surface area contributed by atoms with E-state index in [9.17, 15) is 4.79 Å². The van der Waals surface area contributed by atoms with Gasteiger partial charge in [0.15, 0.2) is 0 Å². The van der Waals surface area contributed by atoms with Crippen LogP contribution >= 0.6 is 0 Å². The maximum absolute atomic E-state index is 12.7. The van der Waals surface area contributed by atoms with Crippen molar-refractivity contribution >= 4 is 5.91 Å². The molecule has 0 saturated carbocycles. The number of nitrogens with one attached hydrogen (secondary N) is 1. The second-order valence-electron chi connectivity index (χ2n) is 7.29. The van der Waals surface area contributed by atoms with Gasteiger partial charge in [-0.1, -0.05) is 44.2 Å². The number of rotatable bonds is 2. The zero-order valence-corrected chi connectivity index (χ0v) is 13.1. The highest BCUT2D eigenvalue weighted by atomic mass is 16.2. The Balaban J connectivity index is 1.62. The van der Waals surface area contributed by atoms with Crippen molar-refractivity contribution in [3.05, 3.63) is 35.9 Å². The number of likely N-dealkylation sites (tertiary alicyclic amines) is 1. The quantitative estimate of drug-likeness (QED) is 0.906. The van der Waals surface area contributed by atoms with Gasteiger partial charge < -0.3 is 4.90 Å². The predicted molar refractivity (Wildman–Crippen MR) is 84.9 cm³/mol. The summed E-state index contributed by atoms with van der Waals surface area (Å²) in [4.78, 5) is 14.8. The molecule has 2 aliphatic rings. The molecule has 1 aromatic rings. The van der Waals surface area contributed by atoms with E-state index < -0.39 is 0 Å². The number of hydrogen-bond acceptors (Lipinski definition) is 2. The van der Waals surface area contributed by atoms with E-state index in [0.29, 0.717) is 11.9 Å². The van der Waals surface area contributed by atoms with Gasteiger partial charge in [0.05, 0.1) is 6.04 Å². The molecule has 2 unspecified atom stereocenters. The first kappa shape index (κ1) is 14.6. The maximum atomic E-state index is 12.7. The van der Waals surface area contributed by atoms with Crippen LogP contribution in [0.2, 0.25) is 0 Å². The van der Waals surface area contributed by atoms with E-state index in [1.807, 2.05) is 6.07 Å². The highest BCUT2D eigenvalue weighted by molar-refractivity contribution is 5.82. The summed E-state index contributed by atoms with van der Waals surface area (Å²) in [6.07, 6.45) is 4.36. The largest absolute Gasteiger partial charge is 0.341 e. The van der Waals surface area contributed by atoms with Gasteiger partial charge in [-0.3, -0.25) is 10.1 Å². The smallest absolute Gasteiger partial charge is 0.239 e. The minimum atomic E-state index is 0.00380. The molecule has 2 fully saturated rings. The second kappa shape index (κ2) is 5.80. The molecule has 3 heteroatoms. The van der Waals surface area contributed by atoms with Crippen LogP contribution in [0.4, 0.5) is 0 Å². The van der Waals surface area contributed by atoms with Crippen LogP contribution in [-0.4, -0.2) is 29.9 Å². The predicted octanol–water partition coefficient (Wildman–Crippen LogP) is 3.13. The molecule has 2 atom stereocenters. The lowest BCUT2D eigenvalue weighted by atomic mass is 9.84. The van der Waals surface area contributed by atoms with Crippen LogP contribution in [0.5, 0.6) is 0 Å². The molecule has 0 radical (unpaired) electrons. The number of hydrogen-bond donors (Lipinski definition) is 1. The molecular weight excluding hydrogens is 260 g/mol. The van der Waals surface area contributed by atoms with E-state index in [4.69, 9.17) is 0 Å². The number of nitrogens with zero attached hydrogens (tertiary/aromatic N) is 1. The molecule has 0 bridgehead atoms. The van der Waals surface area contributed by atoms with Gasteiger partial charge in [0, 0.05) is 19.1 Å². The minimum absolute atomic E-state index is 0.00380. The molecule has 0 spiro atoms. The topological polar surface area (TPSA) is 32.3 Å². The fourth-order valence-electron chi connectivity index (χ4n) is 3.72. The number of carbonyl (C=O) groups excluding carboxylic acids is 1. The van der Waals surface area contributed by atoms with E-state index in [-0.39, 0.29) is 11.5 Å². The zero-order chi connectivity index (χ0) is 14.9. The van der Waals surface area contributed by atoms with Crippen LogP contribution in [0.25, 0.3) is 0 Å². The van der Waals surface area contributed by atoms with Crippen LogP contribution in [-0.2, 0) is 4.79 Å². The van der Waals surface area contributed by atoms with E-state index in [1.165, 1.54) is 12.0 Å². The number of benzene rings is 1. The first-order chi connectivity index (χ1) is 10.1. The minimum Gasteiger partial charge on any atom is -0.341 e. The van der Waals surface area contributed by atoms with Gasteiger partial charge in [0.1, 0.15) is 0 Å². The molecule has 1 N–H and O–H groups in total. The fourth-order valence-corrected chi connectivity index (χ4v) is 3.72. The van der Waals surface area contributed by atoms with Crippen molar-refractivity contribution in [1.82, 2.24) is 10.2 Å². The molecule has 21 heavy (non-hydrogen) atoms. The van der Waals surface area contributed by atoms with E-state index in [0.717, 1.165) is 32.4 Å². The van der Waals surface area contributed by atoms with Gasteiger partial charge in [0.25, 0.3) is 0 Å². The Morgan fingerprint density at radius 3 is 2.71 bits per heavy atom. The first-order valence-electron chi connectivity index (χ1n) is 8.15. The summed E-state index contributed by atoms with van der Waals surface area (Å²) in [6.45, 7) is 6.36. The summed E-state index contributed by atoms with van der Waals surface area (Å²) >= 11 is 0. The van der Waals surface area contributed by atoms with Crippen LogP contribution in [0.3, 0.4) is 0 Å². The summed E-state index contributed by atoms with van der Waals surface area (Å²) in [5.74, 6) is 0.307. The van der Waals surface area contributed by atoms with Gasteiger partial charge in [0.2, 0.25) is 5.91 Å². The van der Waals surface area contributed by atoms with Crippen LogP contribution in [0.1, 0.15) is 51.1 Å². The average molecular weight is 286 g/mol. The fraction of sp³-hybridized carbons (Fsp3) is 0.611. The van der Waals surface area contributed by atoms with Crippen LogP contribution in [0.15, 0.2) is 30.3 Å². The summed E-state index contributed by atoms with van der Waals surface area (Å²) in [6, 6.07) is 10.8. The molecule has 1 aromatic carbocycles. The molecule has 0 aromatic heterocycles. The first-order valence-corrected chi connectivity index (χ1v) is 8.15. The third-order valence-electron chi connectivity index (χ3n) is 4.86. The van der Waals surface area contributed by atoms with Crippen LogP contribution < -0.4 is 5.32 Å². The molecule has 3 nitrogen and oxygen atoms in total. The monoisotopic (exact) mass is 286 g/mol. The summed E-state index contributed by atoms with van der Waals surface area (Å²) in [5, 5.41) is 3.54. The van der Waals surface area contributed by atoms with Crippen molar-refractivity contribution in [2.75, 3.05) is 13.1 Å². The van der Waals surface area contributed by atoms with Crippen molar-refractivity contribution in [1.29, 1.82) is 0 Å². The summed E-state index contributed by atoms with van der Waals surface area (Å²) in [7, 11) is 0. The molecule has 1 amide bonds. The summed E-state index contributed by atoms with van der Waals surface area (Å²) in [5.41, 5.74) is 1.57. The Kier molecular flexibility index (Phi) is 4.03. The lowest BCUT2D eigenvalue weighted by molar-refractivity contribution is -0.136. The lowest BCUT2D eigenvalue weighted by Crippen LogP contribution is -2.50. The number of piperidine rings is 1. The normalized spacial score (nSPS) is 28.6. The highest BCUT2D eigenvalue weighted by Crippen LogP contribution is 2.31. The second-order valence-corrected chi connectivity index (χ2v) is 7.29. The van der Waals surface area contributed by atoms with E-state index >= 15 is 0 Å². The number of carbonyl (C=O) groups is 1. The lowest BCUT2D eigenvalue weighted by Gasteiger charge is -2.39. The Hall–Kier alpha value is -1.35. The molecule has 0 aliphatic carbocycles. The zero-order valence-electron chi connectivity index (χ0n) is 13.1. The average Bonchev–Trinajstić information content (AvgIpc) is 2.96. The van der Waals surface area contributed by atoms with Gasteiger partial charge in [-0.05, 0) is 36.7 Å². The van der Waals surface area contributed by atoms with Crippen molar-refractivity contribution in [2.45, 2.75) is 51.6 Å². The molecular formula is C18H26N2O. The van der Waals surface area contributed by atoms with Crippen molar-refractivity contribution < 1.29 is 4.79 Å². The summed E-state index contributed by atoms with van der Waals surface area (Å²) < 4.78 is 0. The highest BCUT2D eigenvalue weighted by Gasteiger charge is 2.36. The maximum Gasteiger partial charge on any atom is 0.239 e. The van der Waals surface area contributed by atoms with Gasteiger partial charge >= 0.3 is 0 Å². The SMILES string of the molecule is CC1(C)CCCN(C(=O)C2CCC(c3ccccc3)N2)C1. The van der Waals surface area contributed by atoms with Crippen molar-refractivity contribution in [2.24, 2.45) is 5.41 Å². The number of amides is 1. The molecule has 114 valence electrons. The molecule has 2 aliphatic heterocycles. The van der Waals surface area contributed by atoms with Gasteiger partial charge in [-0.2, -0.15) is 0 Å². The van der Waals surface area contributed by atoms with Crippen molar-refractivity contribution in [3.8, 4) is 0 Å². The molecule has 2 saturated heterocycles. The van der Waals surface area contributed by atoms with E-state index in [1.54, 1.807) is 0 Å². The molecule has 2 heterocycles. The molecule has 3 rings (SSSR count). The van der Waals surface area contributed by atoms with Gasteiger partial charge in [-0.25, -0.2) is 0 Å². The standard InChI is InChI=1S/C18H26N2O/c1-18(2)11-6-12-20(13-18)17(21)16-10-9-15(19-16)14-7-4-3-5-8-14/h3-5,7-8,15-16,19H,6,9-13H2,1-2H3. The Labute approximate surface area is 127 Å². The Morgan fingerprint density at radius 1 is 1.24 bits per heavy atom. The van der Waals surface area contributed by atoms with E-state index in [2.05, 4.69) is 48.3 Å². The third-order valence-corrected chi connectivity index (χ3v) is 4.86.